The monoisotopic (exact) mass is 340 g/mol. The van der Waals surface area contributed by atoms with E-state index in [1.54, 1.807) is 0 Å². The number of nitrogens with zero attached hydrogens (tertiary/aromatic N) is 1. The highest BCUT2D eigenvalue weighted by atomic mass is 79.9. The molecule has 112 valence electrons. The molecule has 0 spiro atoms. The lowest BCUT2D eigenvalue weighted by molar-refractivity contribution is 0.152. The molecule has 3 nitrogen and oxygen atoms in total. The van der Waals surface area contributed by atoms with Crippen molar-refractivity contribution in [1.29, 1.82) is 0 Å². The number of nitrogens with one attached hydrogen (secondary N) is 1. The molecule has 4 heteroatoms. The third-order valence-electron chi connectivity index (χ3n) is 3.74. The summed E-state index contributed by atoms with van der Waals surface area (Å²) in [5.41, 5.74) is 2.61. The Morgan fingerprint density at radius 1 is 1.35 bits per heavy atom. The van der Waals surface area contributed by atoms with E-state index in [4.69, 9.17) is 4.74 Å². The van der Waals surface area contributed by atoms with Gasteiger partial charge in [0.1, 0.15) is 0 Å². The zero-order valence-electron chi connectivity index (χ0n) is 12.5. The van der Waals surface area contributed by atoms with Crippen LogP contribution in [0, 0.1) is 0 Å². The van der Waals surface area contributed by atoms with E-state index < -0.39 is 0 Å². The van der Waals surface area contributed by atoms with Crippen LogP contribution in [0.1, 0.15) is 38.3 Å². The van der Waals surface area contributed by atoms with Gasteiger partial charge in [-0.3, -0.25) is 0 Å². The summed E-state index contributed by atoms with van der Waals surface area (Å²) >= 11 is 3.73. The van der Waals surface area contributed by atoms with Gasteiger partial charge in [-0.05, 0) is 44.0 Å². The number of rotatable bonds is 5. The lowest BCUT2D eigenvalue weighted by atomic mass is 10.1. The first-order chi connectivity index (χ1) is 9.72. The van der Waals surface area contributed by atoms with Gasteiger partial charge in [0, 0.05) is 35.9 Å². The Morgan fingerprint density at radius 2 is 2.20 bits per heavy atom. The highest BCUT2D eigenvalue weighted by Gasteiger charge is 2.13. The summed E-state index contributed by atoms with van der Waals surface area (Å²) < 4.78 is 6.71. The second-order valence-electron chi connectivity index (χ2n) is 5.33. The van der Waals surface area contributed by atoms with Crippen molar-refractivity contribution in [2.45, 2.75) is 32.7 Å². The number of hydrogen-bond donors (Lipinski definition) is 1. The zero-order chi connectivity index (χ0) is 14.4. The average molecular weight is 341 g/mol. The van der Waals surface area contributed by atoms with E-state index >= 15 is 0 Å². The van der Waals surface area contributed by atoms with Crippen molar-refractivity contribution in [3.63, 3.8) is 0 Å². The lowest BCUT2D eigenvalue weighted by Crippen LogP contribution is -2.26. The summed E-state index contributed by atoms with van der Waals surface area (Å²) in [4.78, 5) is 2.41. The van der Waals surface area contributed by atoms with Gasteiger partial charge in [-0.15, -0.1) is 0 Å². The molecule has 1 N–H and O–H groups in total. The van der Waals surface area contributed by atoms with Crippen LogP contribution in [0.3, 0.4) is 0 Å². The van der Waals surface area contributed by atoms with Gasteiger partial charge in [-0.25, -0.2) is 0 Å². The molecule has 1 aromatic rings. The first-order valence-electron chi connectivity index (χ1n) is 7.58. The van der Waals surface area contributed by atoms with Crippen molar-refractivity contribution < 1.29 is 4.74 Å². The second kappa shape index (κ2) is 8.01. The van der Waals surface area contributed by atoms with Crippen LogP contribution >= 0.6 is 15.9 Å². The summed E-state index contributed by atoms with van der Waals surface area (Å²) in [6.07, 6.45) is 2.27. The maximum Gasteiger partial charge on any atom is 0.0641 e. The summed E-state index contributed by atoms with van der Waals surface area (Å²) in [7, 11) is 0. The van der Waals surface area contributed by atoms with Gasteiger partial charge in [-0.2, -0.15) is 0 Å². The molecule has 2 rings (SSSR count). The maximum atomic E-state index is 5.52. The number of benzene rings is 1. The van der Waals surface area contributed by atoms with E-state index in [2.05, 4.69) is 58.2 Å². The largest absolute Gasteiger partial charge is 0.380 e. The molecule has 1 aromatic carbocycles. The standard InChI is InChI=1S/C16H25BrN2O/c1-3-7-18-13(2)15-6-5-14(12-16(15)17)19-8-4-10-20-11-9-19/h5-6,12-13,18H,3-4,7-11H2,1-2H3. The maximum absolute atomic E-state index is 5.52. The third kappa shape index (κ3) is 4.21. The molecule has 0 radical (unpaired) electrons. The number of halogens is 1. The Labute approximate surface area is 130 Å². The van der Waals surface area contributed by atoms with Crippen molar-refractivity contribution in [3.8, 4) is 0 Å². The first kappa shape index (κ1) is 15.8. The molecule has 1 aliphatic rings. The van der Waals surface area contributed by atoms with Gasteiger partial charge in [0.05, 0.1) is 6.61 Å². The third-order valence-corrected chi connectivity index (χ3v) is 4.43. The van der Waals surface area contributed by atoms with E-state index in [0.29, 0.717) is 6.04 Å². The second-order valence-corrected chi connectivity index (χ2v) is 6.19. The van der Waals surface area contributed by atoms with Gasteiger partial charge >= 0.3 is 0 Å². The molecule has 0 aliphatic carbocycles. The van der Waals surface area contributed by atoms with Crippen LogP contribution in [0.2, 0.25) is 0 Å². The Kier molecular flexibility index (Phi) is 6.33. The number of ether oxygens (including phenoxy) is 1. The Balaban J connectivity index is 2.08. The molecular weight excluding hydrogens is 316 g/mol. The molecule has 0 amide bonds. The first-order valence-corrected chi connectivity index (χ1v) is 8.37. The summed E-state index contributed by atoms with van der Waals surface area (Å²) in [6, 6.07) is 7.09. The molecule has 1 unspecified atom stereocenters. The molecular formula is C16H25BrN2O. The van der Waals surface area contributed by atoms with Gasteiger partial charge < -0.3 is 15.0 Å². The molecule has 1 aliphatic heterocycles. The van der Waals surface area contributed by atoms with Crippen LogP contribution in [-0.4, -0.2) is 32.8 Å². The van der Waals surface area contributed by atoms with Gasteiger partial charge in [-0.1, -0.05) is 28.9 Å². The highest BCUT2D eigenvalue weighted by molar-refractivity contribution is 9.10. The normalized spacial score (nSPS) is 17.9. The lowest BCUT2D eigenvalue weighted by Gasteiger charge is -2.24. The van der Waals surface area contributed by atoms with Crippen LogP contribution < -0.4 is 10.2 Å². The molecule has 0 aromatic heterocycles. The van der Waals surface area contributed by atoms with Gasteiger partial charge in [0.2, 0.25) is 0 Å². The Bertz CT molecular complexity index is 417. The van der Waals surface area contributed by atoms with Crippen LogP contribution in [0.4, 0.5) is 5.69 Å². The van der Waals surface area contributed by atoms with Crippen molar-refractivity contribution in [2.24, 2.45) is 0 Å². The fourth-order valence-corrected chi connectivity index (χ4v) is 3.25. The summed E-state index contributed by atoms with van der Waals surface area (Å²) in [5.74, 6) is 0. The van der Waals surface area contributed by atoms with E-state index in [1.807, 2.05) is 0 Å². The summed E-state index contributed by atoms with van der Waals surface area (Å²) in [6.45, 7) is 9.24. The van der Waals surface area contributed by atoms with Crippen molar-refractivity contribution in [1.82, 2.24) is 5.32 Å². The van der Waals surface area contributed by atoms with E-state index in [1.165, 1.54) is 15.7 Å². The van der Waals surface area contributed by atoms with Crippen LogP contribution in [-0.2, 0) is 4.74 Å². The minimum atomic E-state index is 0.380. The molecule has 1 fully saturated rings. The van der Waals surface area contributed by atoms with Gasteiger partial charge in [0.25, 0.3) is 0 Å². The average Bonchev–Trinajstić information content (AvgIpc) is 2.73. The predicted octanol–water partition coefficient (Wildman–Crippen LogP) is 3.74. The van der Waals surface area contributed by atoms with E-state index in [0.717, 1.165) is 45.7 Å². The molecule has 1 saturated heterocycles. The molecule has 1 heterocycles. The van der Waals surface area contributed by atoms with Crippen LogP contribution in [0.25, 0.3) is 0 Å². The zero-order valence-corrected chi connectivity index (χ0v) is 14.1. The quantitative estimate of drug-likeness (QED) is 0.883. The molecule has 1 atom stereocenters. The van der Waals surface area contributed by atoms with Crippen LogP contribution in [0.5, 0.6) is 0 Å². The minimum Gasteiger partial charge on any atom is -0.380 e. The van der Waals surface area contributed by atoms with Crippen LogP contribution in [0.15, 0.2) is 22.7 Å². The predicted molar refractivity (Wildman–Crippen MR) is 88.5 cm³/mol. The molecule has 0 bridgehead atoms. The van der Waals surface area contributed by atoms with E-state index in [-0.39, 0.29) is 0 Å². The number of hydrogen-bond acceptors (Lipinski definition) is 3. The fourth-order valence-electron chi connectivity index (χ4n) is 2.54. The number of anilines is 1. The minimum absolute atomic E-state index is 0.380. The van der Waals surface area contributed by atoms with Crippen molar-refractivity contribution >= 4 is 21.6 Å². The highest BCUT2D eigenvalue weighted by Crippen LogP contribution is 2.28. The van der Waals surface area contributed by atoms with E-state index in [9.17, 15) is 0 Å². The molecule has 0 saturated carbocycles. The SMILES string of the molecule is CCCNC(C)c1ccc(N2CCCOCC2)cc1Br. The molecule has 20 heavy (non-hydrogen) atoms. The Hall–Kier alpha value is -0.580. The smallest absolute Gasteiger partial charge is 0.0641 e. The fraction of sp³-hybridized carbons (Fsp3) is 0.625. The topological polar surface area (TPSA) is 24.5 Å². The summed E-state index contributed by atoms with van der Waals surface area (Å²) in [5, 5.41) is 3.53. The Morgan fingerprint density at radius 3 is 2.95 bits per heavy atom. The van der Waals surface area contributed by atoms with Gasteiger partial charge in [0.15, 0.2) is 0 Å². The van der Waals surface area contributed by atoms with Crippen molar-refractivity contribution in [3.05, 3.63) is 28.2 Å². The van der Waals surface area contributed by atoms with Crippen molar-refractivity contribution in [2.75, 3.05) is 37.7 Å².